The molecule has 0 aliphatic carbocycles. The van der Waals surface area contributed by atoms with Crippen LogP contribution in [0.1, 0.15) is 5.56 Å². The van der Waals surface area contributed by atoms with Crippen LogP contribution in [0.25, 0.3) is 0 Å². The summed E-state index contributed by atoms with van der Waals surface area (Å²) in [6.45, 7) is 0. The standard InChI is InChI=1S/C11H8N4OS2/c12-5-8-1-3-9(4-2-8)14-10(16)6-17-11-15-13-7-18-11/h1-4,7H,6H2,(H,14,16). The molecular formula is C11H8N4OS2. The number of thioether (sulfide) groups is 1. The molecule has 0 saturated heterocycles. The highest BCUT2D eigenvalue weighted by Crippen LogP contribution is 2.19. The molecule has 7 heteroatoms. The van der Waals surface area contributed by atoms with Crippen molar-refractivity contribution in [3.05, 3.63) is 35.3 Å². The fourth-order valence-electron chi connectivity index (χ4n) is 1.18. The van der Waals surface area contributed by atoms with E-state index in [1.165, 1.54) is 23.1 Å². The molecule has 0 aliphatic rings. The molecule has 0 atom stereocenters. The lowest BCUT2D eigenvalue weighted by atomic mass is 10.2. The van der Waals surface area contributed by atoms with Crippen LogP contribution in [-0.2, 0) is 4.79 Å². The molecule has 0 aliphatic heterocycles. The maximum atomic E-state index is 11.6. The van der Waals surface area contributed by atoms with Gasteiger partial charge >= 0.3 is 0 Å². The summed E-state index contributed by atoms with van der Waals surface area (Å²) in [4.78, 5) is 11.6. The molecule has 1 amide bonds. The number of nitrogens with one attached hydrogen (secondary N) is 1. The lowest BCUT2D eigenvalue weighted by Gasteiger charge is -2.03. The van der Waals surface area contributed by atoms with Gasteiger partial charge in [-0.1, -0.05) is 23.1 Å². The van der Waals surface area contributed by atoms with Gasteiger partial charge in [0, 0.05) is 5.69 Å². The van der Waals surface area contributed by atoms with Crippen molar-refractivity contribution in [3.8, 4) is 6.07 Å². The second kappa shape index (κ2) is 6.14. The molecule has 90 valence electrons. The van der Waals surface area contributed by atoms with E-state index in [2.05, 4.69) is 15.5 Å². The Balaban J connectivity index is 1.85. The van der Waals surface area contributed by atoms with Crippen LogP contribution >= 0.6 is 23.1 Å². The lowest BCUT2D eigenvalue weighted by molar-refractivity contribution is -0.113. The molecule has 0 bridgehead atoms. The normalized spacial score (nSPS) is 9.72. The first-order valence-electron chi connectivity index (χ1n) is 4.97. The average molecular weight is 276 g/mol. The minimum atomic E-state index is -0.111. The van der Waals surface area contributed by atoms with E-state index < -0.39 is 0 Å². The number of nitrogens with zero attached hydrogens (tertiary/aromatic N) is 3. The molecule has 2 rings (SSSR count). The maximum absolute atomic E-state index is 11.6. The summed E-state index contributed by atoms with van der Waals surface area (Å²) in [6.07, 6.45) is 0. The summed E-state index contributed by atoms with van der Waals surface area (Å²) in [5.41, 5.74) is 2.87. The number of rotatable bonds is 4. The maximum Gasteiger partial charge on any atom is 0.234 e. The molecular weight excluding hydrogens is 268 g/mol. The van der Waals surface area contributed by atoms with Crippen LogP contribution in [0.5, 0.6) is 0 Å². The predicted octanol–water partition coefficient (Wildman–Crippen LogP) is 2.14. The minimum Gasteiger partial charge on any atom is -0.325 e. The van der Waals surface area contributed by atoms with Crippen LogP contribution in [0.3, 0.4) is 0 Å². The molecule has 1 heterocycles. The van der Waals surface area contributed by atoms with E-state index in [-0.39, 0.29) is 11.7 Å². The topological polar surface area (TPSA) is 78.7 Å². The Hall–Kier alpha value is -1.91. The second-order valence-electron chi connectivity index (χ2n) is 3.23. The first-order chi connectivity index (χ1) is 8.78. The fourth-order valence-corrected chi connectivity index (χ4v) is 2.47. The third-order valence-corrected chi connectivity index (χ3v) is 3.82. The van der Waals surface area contributed by atoms with Crippen LogP contribution in [0, 0.1) is 11.3 Å². The fraction of sp³-hybridized carbons (Fsp3) is 0.0909. The summed E-state index contributed by atoms with van der Waals surface area (Å²) in [7, 11) is 0. The molecule has 0 radical (unpaired) electrons. The smallest absolute Gasteiger partial charge is 0.234 e. The van der Waals surface area contributed by atoms with Crippen LogP contribution < -0.4 is 5.32 Å². The van der Waals surface area contributed by atoms with Gasteiger partial charge in [0.2, 0.25) is 5.91 Å². The van der Waals surface area contributed by atoms with Gasteiger partial charge in [-0.3, -0.25) is 4.79 Å². The Morgan fingerprint density at radius 2 is 2.22 bits per heavy atom. The second-order valence-corrected chi connectivity index (χ2v) is 5.29. The third kappa shape index (κ3) is 3.55. The van der Waals surface area contributed by atoms with Crippen molar-refractivity contribution in [2.45, 2.75) is 4.34 Å². The molecule has 2 aromatic rings. The summed E-state index contributed by atoms with van der Waals surface area (Å²) >= 11 is 2.74. The number of carbonyl (C=O) groups excluding carboxylic acids is 1. The van der Waals surface area contributed by atoms with Crippen LogP contribution in [0.2, 0.25) is 0 Å². The number of amides is 1. The molecule has 5 nitrogen and oxygen atoms in total. The number of nitriles is 1. The Bertz CT molecular complexity index is 560. The molecule has 0 spiro atoms. The highest BCUT2D eigenvalue weighted by atomic mass is 32.2. The summed E-state index contributed by atoms with van der Waals surface area (Å²) in [6, 6.07) is 8.74. The van der Waals surface area contributed by atoms with Crippen molar-refractivity contribution >= 4 is 34.7 Å². The van der Waals surface area contributed by atoms with Crippen molar-refractivity contribution in [1.29, 1.82) is 5.26 Å². The van der Waals surface area contributed by atoms with Crippen molar-refractivity contribution in [1.82, 2.24) is 10.2 Å². The third-order valence-electron chi connectivity index (χ3n) is 1.96. The lowest BCUT2D eigenvalue weighted by Crippen LogP contribution is -2.13. The minimum absolute atomic E-state index is 0.111. The molecule has 1 N–H and O–H groups in total. The zero-order valence-corrected chi connectivity index (χ0v) is 10.8. The first-order valence-corrected chi connectivity index (χ1v) is 6.83. The molecule has 0 fully saturated rings. The van der Waals surface area contributed by atoms with Crippen molar-refractivity contribution in [3.63, 3.8) is 0 Å². The number of carbonyl (C=O) groups is 1. The highest BCUT2D eigenvalue weighted by molar-refractivity contribution is 8.01. The summed E-state index contributed by atoms with van der Waals surface area (Å²) in [5, 5.41) is 18.9. The van der Waals surface area contributed by atoms with Gasteiger partial charge < -0.3 is 5.32 Å². The van der Waals surface area contributed by atoms with Gasteiger partial charge in [-0.2, -0.15) is 5.26 Å². The van der Waals surface area contributed by atoms with E-state index in [0.717, 1.165) is 4.34 Å². The zero-order valence-electron chi connectivity index (χ0n) is 9.16. The number of hydrogen-bond donors (Lipinski definition) is 1. The van der Waals surface area contributed by atoms with E-state index in [9.17, 15) is 4.79 Å². The largest absolute Gasteiger partial charge is 0.325 e. The summed E-state index contributed by atoms with van der Waals surface area (Å²) in [5.74, 6) is 0.176. The van der Waals surface area contributed by atoms with Crippen molar-refractivity contribution in [2.75, 3.05) is 11.1 Å². The Labute approximate surface area is 112 Å². The van der Waals surface area contributed by atoms with Gasteiger partial charge in [0.05, 0.1) is 17.4 Å². The SMILES string of the molecule is N#Cc1ccc(NC(=O)CSc2nncs2)cc1. The Kier molecular flexibility index (Phi) is 4.28. The number of anilines is 1. The van der Waals surface area contributed by atoms with Crippen LogP contribution in [-0.4, -0.2) is 21.9 Å². The first kappa shape index (κ1) is 12.5. The van der Waals surface area contributed by atoms with Gasteiger partial charge in [-0.15, -0.1) is 10.2 Å². The van der Waals surface area contributed by atoms with Gasteiger partial charge in [0.1, 0.15) is 5.51 Å². The van der Waals surface area contributed by atoms with E-state index in [0.29, 0.717) is 11.3 Å². The highest BCUT2D eigenvalue weighted by Gasteiger charge is 2.05. The number of aromatic nitrogens is 2. The van der Waals surface area contributed by atoms with Gasteiger partial charge in [0.25, 0.3) is 0 Å². The molecule has 1 aromatic heterocycles. The van der Waals surface area contributed by atoms with Gasteiger partial charge in [-0.25, -0.2) is 0 Å². The Morgan fingerprint density at radius 3 is 2.83 bits per heavy atom. The van der Waals surface area contributed by atoms with Gasteiger partial charge in [-0.05, 0) is 24.3 Å². The molecule has 1 aromatic carbocycles. The Morgan fingerprint density at radius 1 is 1.44 bits per heavy atom. The quantitative estimate of drug-likeness (QED) is 0.865. The van der Waals surface area contributed by atoms with Crippen molar-refractivity contribution in [2.24, 2.45) is 0 Å². The van der Waals surface area contributed by atoms with Crippen molar-refractivity contribution < 1.29 is 4.79 Å². The summed E-state index contributed by atoms with van der Waals surface area (Å²) < 4.78 is 0.768. The van der Waals surface area contributed by atoms with Crippen LogP contribution in [0.4, 0.5) is 5.69 Å². The zero-order chi connectivity index (χ0) is 12.8. The molecule has 18 heavy (non-hydrogen) atoms. The molecule has 0 unspecified atom stereocenters. The number of hydrogen-bond acceptors (Lipinski definition) is 6. The molecule has 0 saturated carbocycles. The van der Waals surface area contributed by atoms with E-state index in [1.54, 1.807) is 29.8 Å². The average Bonchev–Trinajstić information content (AvgIpc) is 2.90. The van der Waals surface area contributed by atoms with E-state index in [4.69, 9.17) is 5.26 Å². The predicted molar refractivity (Wildman–Crippen MR) is 70.4 cm³/mol. The van der Waals surface area contributed by atoms with E-state index in [1.807, 2.05) is 6.07 Å². The monoisotopic (exact) mass is 276 g/mol. The van der Waals surface area contributed by atoms with Gasteiger partial charge in [0.15, 0.2) is 4.34 Å². The van der Waals surface area contributed by atoms with E-state index >= 15 is 0 Å². The number of benzene rings is 1. The van der Waals surface area contributed by atoms with Crippen LogP contribution in [0.15, 0.2) is 34.1 Å².